The third kappa shape index (κ3) is 2.95. The minimum absolute atomic E-state index is 0.342. The molecular weight excluding hydrogens is 316 g/mol. The van der Waals surface area contributed by atoms with Gasteiger partial charge >= 0.3 is 0 Å². The summed E-state index contributed by atoms with van der Waals surface area (Å²) in [5.41, 5.74) is 0.493. The SMILES string of the molecule is CCc1cccc(S(=O)(=O)NC2(c3nccs3)CCCC2)c1. The predicted octanol–water partition coefficient (Wildman–Crippen LogP) is 3.45. The number of benzene rings is 1. The summed E-state index contributed by atoms with van der Waals surface area (Å²) in [4.78, 5) is 4.72. The van der Waals surface area contributed by atoms with Crippen molar-refractivity contribution >= 4 is 21.4 Å². The molecule has 22 heavy (non-hydrogen) atoms. The predicted molar refractivity (Wildman–Crippen MR) is 88.4 cm³/mol. The Hall–Kier alpha value is -1.24. The monoisotopic (exact) mass is 336 g/mol. The number of hydrogen-bond donors (Lipinski definition) is 1. The molecule has 0 radical (unpaired) electrons. The highest BCUT2D eigenvalue weighted by Gasteiger charge is 2.41. The van der Waals surface area contributed by atoms with Crippen LogP contribution < -0.4 is 4.72 Å². The maximum atomic E-state index is 12.8. The molecule has 0 atom stereocenters. The molecule has 4 nitrogen and oxygen atoms in total. The normalized spacial score (nSPS) is 17.7. The molecule has 0 unspecified atom stereocenters. The van der Waals surface area contributed by atoms with Gasteiger partial charge in [-0.05, 0) is 37.0 Å². The summed E-state index contributed by atoms with van der Waals surface area (Å²) < 4.78 is 28.6. The number of aryl methyl sites for hydroxylation is 1. The van der Waals surface area contributed by atoms with Gasteiger partial charge in [0.25, 0.3) is 0 Å². The summed E-state index contributed by atoms with van der Waals surface area (Å²) in [5, 5.41) is 2.78. The van der Waals surface area contributed by atoms with E-state index in [2.05, 4.69) is 9.71 Å². The second-order valence-electron chi connectivity index (χ2n) is 5.73. The van der Waals surface area contributed by atoms with Crippen molar-refractivity contribution in [1.82, 2.24) is 9.71 Å². The van der Waals surface area contributed by atoms with Gasteiger partial charge in [-0.3, -0.25) is 0 Å². The number of aromatic nitrogens is 1. The van der Waals surface area contributed by atoms with Crippen LogP contribution in [0.2, 0.25) is 0 Å². The van der Waals surface area contributed by atoms with Crippen LogP contribution in [0.15, 0.2) is 40.7 Å². The number of nitrogens with one attached hydrogen (secondary N) is 1. The standard InChI is InChI=1S/C16H20N2O2S2/c1-2-13-6-5-7-14(12-13)22(19,20)18-16(8-3-4-9-16)15-17-10-11-21-15/h5-7,10-12,18H,2-4,8-9H2,1H3. The van der Waals surface area contributed by atoms with Crippen LogP contribution in [0.3, 0.4) is 0 Å². The van der Waals surface area contributed by atoms with E-state index in [1.807, 2.05) is 18.4 Å². The highest BCUT2D eigenvalue weighted by atomic mass is 32.2. The molecule has 3 rings (SSSR count). The highest BCUT2D eigenvalue weighted by Crippen LogP contribution is 2.40. The molecule has 1 fully saturated rings. The smallest absolute Gasteiger partial charge is 0.241 e. The summed E-state index contributed by atoms with van der Waals surface area (Å²) in [6.45, 7) is 2.02. The van der Waals surface area contributed by atoms with E-state index in [9.17, 15) is 8.42 Å². The van der Waals surface area contributed by atoms with E-state index >= 15 is 0 Å². The number of nitrogens with zero attached hydrogens (tertiary/aromatic N) is 1. The van der Waals surface area contributed by atoms with E-state index in [0.29, 0.717) is 4.90 Å². The molecule has 0 amide bonds. The lowest BCUT2D eigenvalue weighted by atomic mass is 10.0. The van der Waals surface area contributed by atoms with Gasteiger partial charge in [-0.2, -0.15) is 4.72 Å². The molecule has 1 aliphatic carbocycles. The number of rotatable bonds is 5. The lowest BCUT2D eigenvalue weighted by Gasteiger charge is -2.27. The molecule has 0 bridgehead atoms. The molecule has 0 spiro atoms. The zero-order valence-corrected chi connectivity index (χ0v) is 14.2. The third-order valence-electron chi connectivity index (χ3n) is 4.25. The van der Waals surface area contributed by atoms with E-state index in [1.54, 1.807) is 24.4 Å². The van der Waals surface area contributed by atoms with E-state index in [-0.39, 0.29) is 0 Å². The Kier molecular flexibility index (Phi) is 4.34. The Labute approximate surface area is 135 Å². The molecule has 1 aromatic carbocycles. The fourth-order valence-electron chi connectivity index (χ4n) is 3.05. The van der Waals surface area contributed by atoms with Crippen LogP contribution in [0.5, 0.6) is 0 Å². The molecule has 0 aliphatic heterocycles. The fourth-order valence-corrected chi connectivity index (χ4v) is 5.46. The number of thiazole rings is 1. The summed E-state index contributed by atoms with van der Waals surface area (Å²) in [5.74, 6) is 0. The van der Waals surface area contributed by atoms with E-state index in [0.717, 1.165) is 42.7 Å². The largest absolute Gasteiger partial charge is 0.248 e. The quantitative estimate of drug-likeness (QED) is 0.910. The van der Waals surface area contributed by atoms with Crippen molar-refractivity contribution in [1.29, 1.82) is 0 Å². The van der Waals surface area contributed by atoms with Crippen LogP contribution in [-0.2, 0) is 22.0 Å². The average molecular weight is 336 g/mol. The van der Waals surface area contributed by atoms with Gasteiger partial charge in [-0.1, -0.05) is 31.9 Å². The second-order valence-corrected chi connectivity index (χ2v) is 8.31. The van der Waals surface area contributed by atoms with Crippen LogP contribution in [0, 0.1) is 0 Å². The van der Waals surface area contributed by atoms with Crippen LogP contribution >= 0.6 is 11.3 Å². The van der Waals surface area contributed by atoms with Crippen LogP contribution in [0.25, 0.3) is 0 Å². The summed E-state index contributed by atoms with van der Waals surface area (Å²) >= 11 is 1.52. The molecule has 1 heterocycles. The maximum absolute atomic E-state index is 12.8. The van der Waals surface area contributed by atoms with Crippen molar-refractivity contribution < 1.29 is 8.42 Å². The first-order valence-electron chi connectivity index (χ1n) is 7.59. The van der Waals surface area contributed by atoms with Crippen molar-refractivity contribution in [2.75, 3.05) is 0 Å². The molecule has 1 aromatic heterocycles. The molecule has 1 saturated carbocycles. The van der Waals surface area contributed by atoms with Crippen molar-refractivity contribution in [3.8, 4) is 0 Å². The Balaban J connectivity index is 1.95. The Morgan fingerprint density at radius 2 is 2.09 bits per heavy atom. The lowest BCUT2D eigenvalue weighted by molar-refractivity contribution is 0.402. The highest BCUT2D eigenvalue weighted by molar-refractivity contribution is 7.89. The summed E-state index contributed by atoms with van der Waals surface area (Å²) in [6, 6.07) is 7.17. The van der Waals surface area contributed by atoms with Crippen molar-refractivity contribution in [3.63, 3.8) is 0 Å². The Morgan fingerprint density at radius 1 is 1.32 bits per heavy atom. The molecule has 1 aliphatic rings. The number of hydrogen-bond acceptors (Lipinski definition) is 4. The molecule has 6 heteroatoms. The van der Waals surface area contributed by atoms with Gasteiger partial charge in [0.2, 0.25) is 10.0 Å². The van der Waals surface area contributed by atoms with Gasteiger partial charge in [-0.25, -0.2) is 13.4 Å². The van der Waals surface area contributed by atoms with E-state index < -0.39 is 15.6 Å². The lowest BCUT2D eigenvalue weighted by Crippen LogP contribution is -2.43. The molecular formula is C16H20N2O2S2. The Bertz CT molecular complexity index is 733. The van der Waals surface area contributed by atoms with Gasteiger partial charge in [0, 0.05) is 11.6 Å². The molecule has 2 aromatic rings. The first-order valence-corrected chi connectivity index (χ1v) is 9.95. The topological polar surface area (TPSA) is 59.1 Å². The third-order valence-corrected chi connectivity index (χ3v) is 6.76. The van der Waals surface area contributed by atoms with Gasteiger partial charge in [0.1, 0.15) is 5.01 Å². The molecule has 0 saturated heterocycles. The summed E-state index contributed by atoms with van der Waals surface area (Å²) in [7, 11) is -3.54. The van der Waals surface area contributed by atoms with Crippen LogP contribution in [0.1, 0.15) is 43.2 Å². The van der Waals surface area contributed by atoms with Crippen LogP contribution in [0.4, 0.5) is 0 Å². The van der Waals surface area contributed by atoms with Gasteiger partial charge in [0.15, 0.2) is 0 Å². The molecule has 118 valence electrons. The van der Waals surface area contributed by atoms with Gasteiger partial charge in [0.05, 0.1) is 10.4 Å². The first kappa shape index (κ1) is 15.6. The second kappa shape index (κ2) is 6.10. The van der Waals surface area contributed by atoms with Gasteiger partial charge < -0.3 is 0 Å². The number of sulfonamides is 1. The minimum atomic E-state index is -3.54. The zero-order chi connectivity index (χ0) is 15.6. The molecule has 1 N–H and O–H groups in total. The van der Waals surface area contributed by atoms with Crippen LogP contribution in [-0.4, -0.2) is 13.4 Å². The first-order chi connectivity index (χ1) is 10.6. The minimum Gasteiger partial charge on any atom is -0.248 e. The van der Waals surface area contributed by atoms with E-state index in [1.165, 1.54) is 11.3 Å². The van der Waals surface area contributed by atoms with E-state index in [4.69, 9.17) is 0 Å². The zero-order valence-electron chi connectivity index (χ0n) is 12.6. The van der Waals surface area contributed by atoms with Crippen molar-refractivity contribution in [2.24, 2.45) is 0 Å². The van der Waals surface area contributed by atoms with Crippen molar-refractivity contribution in [3.05, 3.63) is 46.4 Å². The Morgan fingerprint density at radius 3 is 2.73 bits per heavy atom. The van der Waals surface area contributed by atoms with Gasteiger partial charge in [-0.15, -0.1) is 11.3 Å². The maximum Gasteiger partial charge on any atom is 0.241 e. The average Bonchev–Trinajstić information content (AvgIpc) is 3.18. The fraction of sp³-hybridized carbons (Fsp3) is 0.438. The van der Waals surface area contributed by atoms with Crippen molar-refractivity contribution in [2.45, 2.75) is 49.5 Å². The summed E-state index contributed by atoms with van der Waals surface area (Å²) in [6.07, 6.45) is 6.24.